The van der Waals surface area contributed by atoms with Crippen LogP contribution in [-0.2, 0) is 12.8 Å². The van der Waals surface area contributed by atoms with Gasteiger partial charge in [-0.15, -0.1) is 21.5 Å². The lowest BCUT2D eigenvalue weighted by molar-refractivity contribution is 0.0848. The number of rotatable bonds is 5. The summed E-state index contributed by atoms with van der Waals surface area (Å²) in [5, 5.41) is 9.77. The van der Waals surface area contributed by atoms with E-state index in [0.717, 1.165) is 32.1 Å². The Balaban J connectivity index is 1.34. The number of benzene rings is 2. The van der Waals surface area contributed by atoms with Gasteiger partial charge in [0.2, 0.25) is 0 Å². The Hall–Kier alpha value is -3.17. The molecule has 0 radical (unpaired) electrons. The molecule has 0 saturated heterocycles. The van der Waals surface area contributed by atoms with Gasteiger partial charge in [0.15, 0.2) is 5.16 Å². The molecule has 4 aromatic rings. The van der Waals surface area contributed by atoms with Gasteiger partial charge in [-0.3, -0.25) is 20.4 Å². The number of amides is 2. The molecule has 2 aromatic heterocycles. The topological polar surface area (TPSA) is 88.9 Å². The van der Waals surface area contributed by atoms with Gasteiger partial charge in [0.25, 0.3) is 11.8 Å². The van der Waals surface area contributed by atoms with Crippen LogP contribution in [-0.4, -0.2) is 26.6 Å². The highest BCUT2D eigenvalue weighted by Crippen LogP contribution is 2.30. The smallest absolute Gasteiger partial charge is 0.280 e. The largest absolute Gasteiger partial charge is 0.312 e. The Morgan fingerprint density at radius 3 is 2.50 bits per heavy atom. The number of nitrogens with one attached hydrogen (secondary N) is 2. The predicted molar refractivity (Wildman–Crippen MR) is 119 cm³/mol. The van der Waals surface area contributed by atoms with Crippen LogP contribution in [0.25, 0.3) is 10.1 Å². The second-order valence-electron chi connectivity index (χ2n) is 6.67. The van der Waals surface area contributed by atoms with Gasteiger partial charge in [-0.25, -0.2) is 0 Å². The fraction of sp³-hybridized carbons (Fsp3) is 0.143. The SMILES string of the molecule is Cc1c(C(=O)NNC(=O)c2ccc(CSc3nncn3C)cc2)sc2ccccc12. The lowest BCUT2D eigenvalue weighted by Crippen LogP contribution is -2.41. The van der Waals surface area contributed by atoms with Gasteiger partial charge in [0.1, 0.15) is 6.33 Å². The Labute approximate surface area is 181 Å². The summed E-state index contributed by atoms with van der Waals surface area (Å²) in [5.74, 6) is 0.0319. The van der Waals surface area contributed by atoms with Crippen molar-refractivity contribution in [1.82, 2.24) is 25.6 Å². The van der Waals surface area contributed by atoms with Crippen molar-refractivity contribution in [1.29, 1.82) is 0 Å². The summed E-state index contributed by atoms with van der Waals surface area (Å²) in [5.41, 5.74) is 7.44. The number of aromatic nitrogens is 3. The molecule has 0 aliphatic rings. The molecular weight excluding hydrogens is 418 g/mol. The first-order chi connectivity index (χ1) is 14.5. The first-order valence-electron chi connectivity index (χ1n) is 9.17. The van der Waals surface area contributed by atoms with E-state index < -0.39 is 0 Å². The van der Waals surface area contributed by atoms with E-state index in [4.69, 9.17) is 0 Å². The van der Waals surface area contributed by atoms with Crippen LogP contribution in [0.5, 0.6) is 0 Å². The quantitative estimate of drug-likeness (QED) is 0.367. The Morgan fingerprint density at radius 1 is 1.07 bits per heavy atom. The highest BCUT2D eigenvalue weighted by molar-refractivity contribution is 7.98. The number of hydrazine groups is 1. The summed E-state index contributed by atoms with van der Waals surface area (Å²) < 4.78 is 2.90. The lowest BCUT2D eigenvalue weighted by Gasteiger charge is -2.08. The van der Waals surface area contributed by atoms with E-state index in [9.17, 15) is 9.59 Å². The number of carbonyl (C=O) groups excluding carboxylic acids is 2. The molecule has 2 heterocycles. The molecule has 9 heteroatoms. The average molecular weight is 438 g/mol. The van der Waals surface area contributed by atoms with E-state index in [1.807, 2.05) is 54.9 Å². The molecule has 2 N–H and O–H groups in total. The maximum atomic E-state index is 12.5. The molecule has 0 saturated carbocycles. The van der Waals surface area contributed by atoms with Crippen LogP contribution in [0.15, 0.2) is 60.0 Å². The van der Waals surface area contributed by atoms with Crippen molar-refractivity contribution < 1.29 is 9.59 Å². The average Bonchev–Trinajstić information content (AvgIpc) is 3.33. The minimum Gasteiger partial charge on any atom is -0.312 e. The Morgan fingerprint density at radius 2 is 1.80 bits per heavy atom. The zero-order chi connectivity index (χ0) is 21.1. The molecule has 2 amide bonds. The number of thiophene rings is 1. The molecule has 0 unspecified atom stereocenters. The molecule has 2 aromatic carbocycles. The van der Waals surface area contributed by atoms with Crippen molar-refractivity contribution in [3.05, 3.63) is 76.4 Å². The minimum absolute atomic E-state index is 0.321. The van der Waals surface area contributed by atoms with E-state index in [-0.39, 0.29) is 11.8 Å². The van der Waals surface area contributed by atoms with Crippen LogP contribution >= 0.6 is 23.1 Å². The summed E-state index contributed by atoms with van der Waals surface area (Å²) in [4.78, 5) is 25.5. The van der Waals surface area contributed by atoms with Crippen LogP contribution in [0.4, 0.5) is 0 Å². The molecule has 4 rings (SSSR count). The van der Waals surface area contributed by atoms with Crippen molar-refractivity contribution in [3.63, 3.8) is 0 Å². The summed E-state index contributed by atoms with van der Waals surface area (Å²) in [7, 11) is 1.89. The maximum Gasteiger partial charge on any atom is 0.280 e. The molecule has 0 fully saturated rings. The van der Waals surface area contributed by atoms with Crippen molar-refractivity contribution in [2.75, 3.05) is 0 Å². The van der Waals surface area contributed by atoms with E-state index in [2.05, 4.69) is 21.0 Å². The molecule has 0 spiro atoms. The first kappa shape index (κ1) is 20.1. The lowest BCUT2D eigenvalue weighted by atomic mass is 10.1. The third-order valence-electron chi connectivity index (χ3n) is 4.59. The van der Waals surface area contributed by atoms with Crippen LogP contribution in [0.2, 0.25) is 0 Å². The minimum atomic E-state index is -0.366. The van der Waals surface area contributed by atoms with E-state index in [1.165, 1.54) is 11.3 Å². The third-order valence-corrected chi connectivity index (χ3v) is 6.97. The molecule has 152 valence electrons. The zero-order valence-corrected chi connectivity index (χ0v) is 18.0. The molecule has 0 aliphatic heterocycles. The van der Waals surface area contributed by atoms with Crippen molar-refractivity contribution in [2.45, 2.75) is 17.8 Å². The predicted octanol–water partition coefficient (Wildman–Crippen LogP) is 3.71. The number of fused-ring (bicyclic) bond motifs is 1. The number of hydrogen-bond donors (Lipinski definition) is 2. The van der Waals surface area contributed by atoms with Crippen LogP contribution in [0.3, 0.4) is 0 Å². The second kappa shape index (κ2) is 8.68. The molecule has 30 heavy (non-hydrogen) atoms. The summed E-state index contributed by atoms with van der Waals surface area (Å²) >= 11 is 2.98. The summed E-state index contributed by atoms with van der Waals surface area (Å²) in [6.07, 6.45) is 1.66. The van der Waals surface area contributed by atoms with Crippen LogP contribution in [0.1, 0.15) is 31.2 Å². The van der Waals surface area contributed by atoms with Crippen LogP contribution < -0.4 is 10.9 Å². The number of thioether (sulfide) groups is 1. The fourth-order valence-corrected chi connectivity index (χ4v) is 4.89. The van der Waals surface area contributed by atoms with E-state index in [1.54, 1.807) is 30.2 Å². The van der Waals surface area contributed by atoms with Gasteiger partial charge in [-0.05, 0) is 41.6 Å². The second-order valence-corrected chi connectivity index (χ2v) is 8.67. The number of hydrogen-bond acceptors (Lipinski definition) is 6. The zero-order valence-electron chi connectivity index (χ0n) is 16.4. The monoisotopic (exact) mass is 437 g/mol. The van der Waals surface area contributed by atoms with Crippen molar-refractivity contribution in [3.8, 4) is 0 Å². The van der Waals surface area contributed by atoms with Crippen LogP contribution in [0, 0.1) is 6.92 Å². The standard InChI is InChI=1S/C21H19N5O2S2/c1-13-16-5-3-4-6-17(16)30-18(13)20(28)24-23-19(27)15-9-7-14(8-10-15)11-29-21-25-22-12-26(21)2/h3-10,12H,11H2,1-2H3,(H,23,27)(H,24,28). The van der Waals surface area contributed by atoms with Gasteiger partial charge >= 0.3 is 0 Å². The number of aryl methyl sites for hydroxylation is 2. The van der Waals surface area contributed by atoms with Gasteiger partial charge < -0.3 is 4.57 Å². The van der Waals surface area contributed by atoms with Gasteiger partial charge in [-0.1, -0.05) is 42.1 Å². The number of nitrogens with zero attached hydrogens (tertiary/aromatic N) is 3. The van der Waals surface area contributed by atoms with Gasteiger partial charge in [-0.2, -0.15) is 0 Å². The third kappa shape index (κ3) is 4.22. The molecular formula is C21H19N5O2S2. The summed E-state index contributed by atoms with van der Waals surface area (Å²) in [6.45, 7) is 1.91. The molecule has 0 bridgehead atoms. The Bertz CT molecular complexity index is 1210. The summed E-state index contributed by atoms with van der Waals surface area (Å²) in [6, 6.07) is 15.1. The molecule has 7 nitrogen and oxygen atoms in total. The van der Waals surface area contributed by atoms with Gasteiger partial charge in [0.05, 0.1) is 4.88 Å². The Kier molecular flexibility index (Phi) is 5.82. The van der Waals surface area contributed by atoms with Crippen molar-refractivity contribution >= 4 is 45.0 Å². The first-order valence-corrected chi connectivity index (χ1v) is 11.0. The van der Waals surface area contributed by atoms with E-state index >= 15 is 0 Å². The normalized spacial score (nSPS) is 10.9. The molecule has 0 aliphatic carbocycles. The van der Waals surface area contributed by atoms with E-state index in [0.29, 0.717) is 10.4 Å². The number of carbonyl (C=O) groups is 2. The maximum absolute atomic E-state index is 12.5. The fourth-order valence-electron chi connectivity index (χ4n) is 2.94. The highest BCUT2D eigenvalue weighted by Gasteiger charge is 2.16. The van der Waals surface area contributed by atoms with Gasteiger partial charge in [0, 0.05) is 23.1 Å². The highest BCUT2D eigenvalue weighted by atomic mass is 32.2. The molecule has 0 atom stereocenters. The van der Waals surface area contributed by atoms with Crippen molar-refractivity contribution in [2.24, 2.45) is 7.05 Å².